The van der Waals surface area contributed by atoms with Crippen LogP contribution in [0.3, 0.4) is 0 Å². The van der Waals surface area contributed by atoms with Crippen molar-refractivity contribution in [1.29, 1.82) is 0 Å². The Balaban J connectivity index is 2.16. The van der Waals surface area contributed by atoms with Crippen molar-refractivity contribution in [3.63, 3.8) is 0 Å². The predicted octanol–water partition coefficient (Wildman–Crippen LogP) is 3.59. The molecule has 0 bridgehead atoms. The van der Waals surface area contributed by atoms with Gasteiger partial charge >= 0.3 is 0 Å². The Bertz CT molecular complexity index is 518. The number of aromatic amines is 1. The molecule has 1 N–H and O–H groups in total. The molecule has 2 aromatic rings. The molecule has 0 radical (unpaired) electrons. The SMILES string of the molecule is CN1CCC[C@H]1c1c[nH]c2cccc(Cl)c12. The third-order valence-electron chi connectivity index (χ3n) is 3.56. The van der Waals surface area contributed by atoms with Gasteiger partial charge in [0.1, 0.15) is 0 Å². The molecule has 3 heteroatoms. The average molecular weight is 235 g/mol. The summed E-state index contributed by atoms with van der Waals surface area (Å²) >= 11 is 6.29. The highest BCUT2D eigenvalue weighted by atomic mass is 35.5. The number of hydrogen-bond donors (Lipinski definition) is 1. The van der Waals surface area contributed by atoms with Gasteiger partial charge in [0, 0.05) is 23.1 Å². The Labute approximate surface area is 100 Å². The normalized spacial score (nSPS) is 22.0. The molecule has 3 rings (SSSR count). The Hall–Kier alpha value is -0.990. The fourth-order valence-electron chi connectivity index (χ4n) is 2.73. The van der Waals surface area contributed by atoms with Crippen LogP contribution in [0.1, 0.15) is 24.4 Å². The van der Waals surface area contributed by atoms with E-state index in [4.69, 9.17) is 11.6 Å². The van der Waals surface area contributed by atoms with Crippen LogP contribution in [0.2, 0.25) is 5.02 Å². The molecule has 0 spiro atoms. The smallest absolute Gasteiger partial charge is 0.0503 e. The first-order valence-electron chi connectivity index (χ1n) is 5.73. The van der Waals surface area contributed by atoms with Crippen LogP contribution in [0.15, 0.2) is 24.4 Å². The van der Waals surface area contributed by atoms with Crippen molar-refractivity contribution >= 4 is 22.5 Å². The number of nitrogens with zero attached hydrogens (tertiary/aromatic N) is 1. The van der Waals surface area contributed by atoms with E-state index in [9.17, 15) is 0 Å². The van der Waals surface area contributed by atoms with E-state index in [1.807, 2.05) is 12.1 Å². The number of aromatic nitrogens is 1. The van der Waals surface area contributed by atoms with Gasteiger partial charge in [-0.2, -0.15) is 0 Å². The van der Waals surface area contributed by atoms with Gasteiger partial charge in [-0.25, -0.2) is 0 Å². The number of fused-ring (bicyclic) bond motifs is 1. The molecule has 84 valence electrons. The first-order chi connectivity index (χ1) is 7.77. The van der Waals surface area contributed by atoms with Crippen molar-refractivity contribution in [3.05, 3.63) is 35.0 Å². The second kappa shape index (κ2) is 3.79. The van der Waals surface area contributed by atoms with E-state index in [0.29, 0.717) is 6.04 Å². The quantitative estimate of drug-likeness (QED) is 0.799. The van der Waals surface area contributed by atoms with Crippen LogP contribution < -0.4 is 0 Å². The van der Waals surface area contributed by atoms with Gasteiger partial charge in [0.25, 0.3) is 0 Å². The third kappa shape index (κ3) is 1.45. The van der Waals surface area contributed by atoms with E-state index < -0.39 is 0 Å². The molecule has 1 aliphatic heterocycles. The standard InChI is InChI=1S/C13H15ClN2/c1-16-7-3-6-12(16)9-8-15-11-5-2-4-10(14)13(9)11/h2,4-5,8,12,15H,3,6-7H2,1H3/t12-/m0/s1. The Morgan fingerprint density at radius 1 is 1.44 bits per heavy atom. The van der Waals surface area contributed by atoms with Crippen molar-refractivity contribution in [1.82, 2.24) is 9.88 Å². The average Bonchev–Trinajstić information content (AvgIpc) is 2.84. The molecular formula is C13H15ClN2. The maximum Gasteiger partial charge on any atom is 0.0503 e. The van der Waals surface area contributed by atoms with Crippen LogP contribution in [0.25, 0.3) is 10.9 Å². The highest BCUT2D eigenvalue weighted by molar-refractivity contribution is 6.35. The van der Waals surface area contributed by atoms with Gasteiger partial charge < -0.3 is 4.98 Å². The lowest BCUT2D eigenvalue weighted by Crippen LogP contribution is -2.17. The van der Waals surface area contributed by atoms with Crippen molar-refractivity contribution < 1.29 is 0 Å². The van der Waals surface area contributed by atoms with Crippen molar-refractivity contribution in [2.45, 2.75) is 18.9 Å². The molecule has 16 heavy (non-hydrogen) atoms. The zero-order chi connectivity index (χ0) is 11.1. The zero-order valence-electron chi connectivity index (χ0n) is 9.33. The molecule has 0 saturated carbocycles. The Morgan fingerprint density at radius 3 is 3.06 bits per heavy atom. The van der Waals surface area contributed by atoms with E-state index in [0.717, 1.165) is 10.5 Å². The third-order valence-corrected chi connectivity index (χ3v) is 3.88. The molecule has 0 unspecified atom stereocenters. The minimum Gasteiger partial charge on any atom is -0.361 e. The summed E-state index contributed by atoms with van der Waals surface area (Å²) in [5.74, 6) is 0. The van der Waals surface area contributed by atoms with Gasteiger partial charge in [-0.15, -0.1) is 0 Å². The second-order valence-electron chi connectivity index (χ2n) is 4.55. The number of halogens is 1. The molecule has 1 fully saturated rings. The van der Waals surface area contributed by atoms with Crippen molar-refractivity contribution in [2.24, 2.45) is 0 Å². The number of hydrogen-bond acceptors (Lipinski definition) is 1. The summed E-state index contributed by atoms with van der Waals surface area (Å²) in [5, 5.41) is 2.05. The maximum absolute atomic E-state index is 6.29. The number of benzene rings is 1. The van der Waals surface area contributed by atoms with Crippen LogP contribution in [-0.4, -0.2) is 23.5 Å². The van der Waals surface area contributed by atoms with E-state index in [1.165, 1.54) is 30.3 Å². The molecule has 0 amide bonds. The molecule has 2 nitrogen and oxygen atoms in total. The molecule has 1 aromatic heterocycles. The number of nitrogens with one attached hydrogen (secondary N) is 1. The molecule has 1 saturated heterocycles. The summed E-state index contributed by atoms with van der Waals surface area (Å²) in [7, 11) is 2.19. The molecular weight excluding hydrogens is 220 g/mol. The summed E-state index contributed by atoms with van der Waals surface area (Å²) in [5.41, 5.74) is 2.49. The minimum absolute atomic E-state index is 0.522. The Morgan fingerprint density at radius 2 is 2.31 bits per heavy atom. The van der Waals surface area contributed by atoms with E-state index >= 15 is 0 Å². The fraction of sp³-hybridized carbons (Fsp3) is 0.385. The van der Waals surface area contributed by atoms with Gasteiger partial charge in [0.05, 0.1) is 5.02 Å². The predicted molar refractivity (Wildman–Crippen MR) is 67.9 cm³/mol. The van der Waals surface area contributed by atoms with Crippen LogP contribution in [0, 0.1) is 0 Å². The van der Waals surface area contributed by atoms with E-state index in [-0.39, 0.29) is 0 Å². The second-order valence-corrected chi connectivity index (χ2v) is 4.95. The lowest BCUT2D eigenvalue weighted by atomic mass is 10.0. The summed E-state index contributed by atoms with van der Waals surface area (Å²) < 4.78 is 0. The van der Waals surface area contributed by atoms with Crippen molar-refractivity contribution in [3.8, 4) is 0 Å². The summed E-state index contributed by atoms with van der Waals surface area (Å²) in [6.07, 6.45) is 4.62. The number of likely N-dealkylation sites (tertiary alicyclic amines) is 1. The molecule has 0 aliphatic carbocycles. The van der Waals surface area contributed by atoms with E-state index in [1.54, 1.807) is 0 Å². The topological polar surface area (TPSA) is 19.0 Å². The number of H-pyrrole nitrogens is 1. The van der Waals surface area contributed by atoms with Gasteiger partial charge in [-0.05, 0) is 44.1 Å². The zero-order valence-corrected chi connectivity index (χ0v) is 10.1. The highest BCUT2D eigenvalue weighted by Gasteiger charge is 2.25. The molecule has 1 aliphatic rings. The van der Waals surface area contributed by atoms with Crippen LogP contribution >= 0.6 is 11.6 Å². The lowest BCUT2D eigenvalue weighted by molar-refractivity contribution is 0.319. The van der Waals surface area contributed by atoms with Crippen LogP contribution in [-0.2, 0) is 0 Å². The summed E-state index contributed by atoms with van der Waals surface area (Å²) in [4.78, 5) is 5.72. The summed E-state index contributed by atoms with van der Waals surface area (Å²) in [6.45, 7) is 1.18. The lowest BCUT2D eigenvalue weighted by Gasteiger charge is -2.19. The van der Waals surface area contributed by atoms with Gasteiger partial charge in [-0.3, -0.25) is 4.90 Å². The van der Waals surface area contributed by atoms with Crippen molar-refractivity contribution in [2.75, 3.05) is 13.6 Å². The van der Waals surface area contributed by atoms with Gasteiger partial charge in [-0.1, -0.05) is 17.7 Å². The highest BCUT2D eigenvalue weighted by Crippen LogP contribution is 2.37. The summed E-state index contributed by atoms with van der Waals surface area (Å²) in [6, 6.07) is 6.56. The first kappa shape index (κ1) is 10.2. The minimum atomic E-state index is 0.522. The number of rotatable bonds is 1. The van der Waals surface area contributed by atoms with Crippen LogP contribution in [0.5, 0.6) is 0 Å². The largest absolute Gasteiger partial charge is 0.361 e. The first-order valence-corrected chi connectivity index (χ1v) is 6.11. The molecule has 1 aromatic carbocycles. The van der Waals surface area contributed by atoms with E-state index in [2.05, 4.69) is 29.2 Å². The van der Waals surface area contributed by atoms with Gasteiger partial charge in [0.2, 0.25) is 0 Å². The fourth-order valence-corrected chi connectivity index (χ4v) is 3.02. The van der Waals surface area contributed by atoms with Gasteiger partial charge in [0.15, 0.2) is 0 Å². The van der Waals surface area contributed by atoms with Crippen LogP contribution in [0.4, 0.5) is 0 Å². The molecule has 2 heterocycles. The molecule has 1 atom stereocenters. The maximum atomic E-state index is 6.29. The monoisotopic (exact) mass is 234 g/mol. The Kier molecular flexibility index (Phi) is 2.41.